The van der Waals surface area contributed by atoms with E-state index < -0.39 is 6.04 Å². The molecule has 0 aliphatic carbocycles. The maximum absolute atomic E-state index is 11.7. The van der Waals surface area contributed by atoms with E-state index in [1.807, 2.05) is 0 Å². The van der Waals surface area contributed by atoms with Crippen LogP contribution >= 0.6 is 0 Å². The average molecular weight is 279 g/mol. The summed E-state index contributed by atoms with van der Waals surface area (Å²) < 4.78 is 5.17. The third-order valence-corrected chi connectivity index (χ3v) is 3.19. The van der Waals surface area contributed by atoms with Gasteiger partial charge in [-0.15, -0.1) is 0 Å². The highest BCUT2D eigenvalue weighted by Crippen LogP contribution is 2.11. The molecule has 0 saturated carbocycles. The predicted octanol–water partition coefficient (Wildman–Crippen LogP) is 2.78. The van der Waals surface area contributed by atoms with Gasteiger partial charge in [-0.1, -0.05) is 44.7 Å². The van der Waals surface area contributed by atoms with Gasteiger partial charge < -0.3 is 15.6 Å². The molecule has 20 heavy (non-hydrogen) atoms. The Balaban J connectivity index is 2.20. The number of nitrogens with two attached hydrogens (primary N) is 1. The van der Waals surface area contributed by atoms with Gasteiger partial charge in [0.25, 0.3) is 0 Å². The van der Waals surface area contributed by atoms with Crippen LogP contribution in [-0.2, 0) is 16.0 Å². The quantitative estimate of drug-likeness (QED) is 0.538. The molecule has 0 aromatic heterocycles. The molecule has 0 aliphatic rings. The van der Waals surface area contributed by atoms with Gasteiger partial charge in [-0.3, -0.25) is 4.79 Å². The van der Waals surface area contributed by atoms with Gasteiger partial charge in [-0.25, -0.2) is 0 Å². The molecule has 4 heteroatoms. The van der Waals surface area contributed by atoms with Gasteiger partial charge in [0, 0.05) is 0 Å². The Hall–Kier alpha value is -1.55. The number of rotatable bonds is 9. The van der Waals surface area contributed by atoms with Gasteiger partial charge in [0.1, 0.15) is 11.8 Å². The summed E-state index contributed by atoms with van der Waals surface area (Å²) in [5.41, 5.74) is 6.72. The Morgan fingerprint density at radius 1 is 1.20 bits per heavy atom. The first-order chi connectivity index (χ1) is 9.63. The van der Waals surface area contributed by atoms with E-state index in [0.29, 0.717) is 13.0 Å². The Labute approximate surface area is 120 Å². The third-order valence-electron chi connectivity index (χ3n) is 3.19. The lowest BCUT2D eigenvalue weighted by Gasteiger charge is -2.11. The molecule has 0 heterocycles. The van der Waals surface area contributed by atoms with E-state index in [0.717, 1.165) is 18.4 Å². The molecule has 0 aliphatic heterocycles. The minimum Gasteiger partial charge on any atom is -0.508 e. The molecule has 0 bridgehead atoms. The van der Waals surface area contributed by atoms with Crippen LogP contribution in [0.2, 0.25) is 0 Å². The van der Waals surface area contributed by atoms with Crippen molar-refractivity contribution in [3.8, 4) is 5.75 Å². The van der Waals surface area contributed by atoms with E-state index in [1.54, 1.807) is 24.3 Å². The highest BCUT2D eigenvalue weighted by molar-refractivity contribution is 5.75. The van der Waals surface area contributed by atoms with Crippen LogP contribution in [0.3, 0.4) is 0 Å². The van der Waals surface area contributed by atoms with E-state index in [2.05, 4.69) is 6.92 Å². The smallest absolute Gasteiger partial charge is 0.323 e. The molecule has 1 aromatic carbocycles. The number of unbranched alkanes of at least 4 members (excludes halogenated alkanes) is 4. The standard InChI is InChI=1S/C16H25NO3/c1-2-3-4-5-6-11-20-16(19)15(17)12-13-7-9-14(18)10-8-13/h7-10,15,18H,2-6,11-12,17H2,1H3/t15-/m0/s1. The normalized spacial score (nSPS) is 12.1. The number of phenolic OH excluding ortho intramolecular Hbond substituents is 1. The third kappa shape index (κ3) is 6.57. The number of hydrogen-bond acceptors (Lipinski definition) is 4. The molecule has 1 aromatic rings. The van der Waals surface area contributed by atoms with Crippen LogP contribution in [0.25, 0.3) is 0 Å². The lowest BCUT2D eigenvalue weighted by molar-refractivity contribution is -0.145. The molecule has 0 fully saturated rings. The number of benzene rings is 1. The molecule has 0 radical (unpaired) electrons. The first-order valence-electron chi connectivity index (χ1n) is 7.33. The summed E-state index contributed by atoms with van der Waals surface area (Å²) in [5.74, 6) is -0.148. The Bertz CT molecular complexity index is 389. The molecule has 4 nitrogen and oxygen atoms in total. The second-order valence-electron chi connectivity index (χ2n) is 5.06. The van der Waals surface area contributed by atoms with E-state index in [4.69, 9.17) is 10.5 Å². The summed E-state index contributed by atoms with van der Waals surface area (Å²) in [4.78, 5) is 11.7. The summed E-state index contributed by atoms with van der Waals surface area (Å²) in [6.45, 7) is 2.62. The molecule has 0 unspecified atom stereocenters. The zero-order valence-corrected chi connectivity index (χ0v) is 12.2. The van der Waals surface area contributed by atoms with Crippen LogP contribution in [0.1, 0.15) is 44.6 Å². The van der Waals surface area contributed by atoms with Crippen molar-refractivity contribution < 1.29 is 14.6 Å². The van der Waals surface area contributed by atoms with Gasteiger partial charge in [0.2, 0.25) is 0 Å². The van der Waals surface area contributed by atoms with Crippen molar-refractivity contribution >= 4 is 5.97 Å². The fourth-order valence-electron chi connectivity index (χ4n) is 1.95. The topological polar surface area (TPSA) is 72.5 Å². The molecule has 0 amide bonds. The van der Waals surface area contributed by atoms with E-state index >= 15 is 0 Å². The number of ether oxygens (including phenoxy) is 1. The molecule has 0 spiro atoms. The minimum absolute atomic E-state index is 0.206. The summed E-state index contributed by atoms with van der Waals surface area (Å²) in [6, 6.07) is 6.04. The van der Waals surface area contributed by atoms with Gasteiger partial charge in [-0.05, 0) is 30.5 Å². The van der Waals surface area contributed by atoms with Crippen molar-refractivity contribution in [1.29, 1.82) is 0 Å². The minimum atomic E-state index is -0.643. The number of carbonyl (C=O) groups is 1. The largest absolute Gasteiger partial charge is 0.508 e. The first-order valence-corrected chi connectivity index (χ1v) is 7.33. The first kappa shape index (κ1) is 16.5. The van der Waals surface area contributed by atoms with Crippen molar-refractivity contribution in [2.24, 2.45) is 5.73 Å². The SMILES string of the molecule is CCCCCCCOC(=O)[C@@H](N)Cc1ccc(O)cc1. The number of carbonyl (C=O) groups excluding carboxylic acids is 1. The monoisotopic (exact) mass is 279 g/mol. The van der Waals surface area contributed by atoms with Crippen LogP contribution in [0.5, 0.6) is 5.75 Å². The van der Waals surface area contributed by atoms with Crippen molar-refractivity contribution in [2.75, 3.05) is 6.61 Å². The number of hydrogen-bond donors (Lipinski definition) is 2. The average Bonchev–Trinajstić information content (AvgIpc) is 2.45. The van der Waals surface area contributed by atoms with Crippen LogP contribution in [0.4, 0.5) is 0 Å². The maximum Gasteiger partial charge on any atom is 0.323 e. The second kappa shape index (κ2) is 9.37. The Kier molecular flexibility index (Phi) is 7.73. The lowest BCUT2D eigenvalue weighted by atomic mass is 10.1. The molecular formula is C16H25NO3. The molecule has 0 saturated heterocycles. The number of esters is 1. The highest BCUT2D eigenvalue weighted by atomic mass is 16.5. The van der Waals surface area contributed by atoms with E-state index in [1.165, 1.54) is 19.3 Å². The zero-order valence-electron chi connectivity index (χ0n) is 12.2. The summed E-state index contributed by atoms with van der Waals surface area (Å²) in [5, 5.41) is 9.18. The predicted molar refractivity (Wildman–Crippen MR) is 79.5 cm³/mol. The molecule has 1 rings (SSSR count). The van der Waals surface area contributed by atoms with Gasteiger partial charge >= 0.3 is 5.97 Å². The molecular weight excluding hydrogens is 254 g/mol. The van der Waals surface area contributed by atoms with Crippen molar-refractivity contribution in [1.82, 2.24) is 0 Å². The van der Waals surface area contributed by atoms with Crippen LogP contribution in [0.15, 0.2) is 24.3 Å². The molecule has 1 atom stereocenters. The summed E-state index contributed by atoms with van der Waals surface area (Å²) in [7, 11) is 0. The number of phenols is 1. The lowest BCUT2D eigenvalue weighted by Crippen LogP contribution is -2.34. The fraction of sp³-hybridized carbons (Fsp3) is 0.562. The summed E-state index contributed by atoms with van der Waals surface area (Å²) in [6.07, 6.45) is 6.04. The second-order valence-corrected chi connectivity index (χ2v) is 5.06. The van der Waals surface area contributed by atoms with Gasteiger partial charge in [0.05, 0.1) is 6.61 Å². The Morgan fingerprint density at radius 2 is 1.85 bits per heavy atom. The van der Waals surface area contributed by atoms with Crippen molar-refractivity contribution in [3.05, 3.63) is 29.8 Å². The zero-order chi connectivity index (χ0) is 14.8. The van der Waals surface area contributed by atoms with Gasteiger partial charge in [0.15, 0.2) is 0 Å². The highest BCUT2D eigenvalue weighted by Gasteiger charge is 2.15. The van der Waals surface area contributed by atoms with Crippen LogP contribution < -0.4 is 5.73 Å². The fourth-order valence-corrected chi connectivity index (χ4v) is 1.95. The van der Waals surface area contributed by atoms with Crippen LogP contribution in [-0.4, -0.2) is 23.7 Å². The molecule has 3 N–H and O–H groups in total. The summed E-state index contributed by atoms with van der Waals surface area (Å²) >= 11 is 0. The maximum atomic E-state index is 11.7. The van der Waals surface area contributed by atoms with Crippen molar-refractivity contribution in [3.63, 3.8) is 0 Å². The van der Waals surface area contributed by atoms with Crippen LogP contribution in [0, 0.1) is 0 Å². The Morgan fingerprint density at radius 3 is 2.50 bits per heavy atom. The van der Waals surface area contributed by atoms with E-state index in [9.17, 15) is 9.90 Å². The van der Waals surface area contributed by atoms with E-state index in [-0.39, 0.29) is 11.7 Å². The van der Waals surface area contributed by atoms with Crippen molar-refractivity contribution in [2.45, 2.75) is 51.5 Å². The molecule has 112 valence electrons. The van der Waals surface area contributed by atoms with Gasteiger partial charge in [-0.2, -0.15) is 0 Å². The number of aromatic hydroxyl groups is 1.